The van der Waals surface area contributed by atoms with Crippen LogP contribution in [0.25, 0.3) is 0 Å². The normalized spacial score (nSPS) is 24.8. The molecule has 0 heterocycles. The fourth-order valence-corrected chi connectivity index (χ4v) is 5.75. The van der Waals surface area contributed by atoms with Crippen molar-refractivity contribution in [2.45, 2.75) is 63.5 Å². The first kappa shape index (κ1) is 24.5. The van der Waals surface area contributed by atoms with Gasteiger partial charge in [-0.15, -0.1) is 6.58 Å². The molecular weight excluding hydrogens is 444 g/mol. The van der Waals surface area contributed by atoms with E-state index in [1.54, 1.807) is 12.1 Å². The fourth-order valence-electron chi connectivity index (χ4n) is 5.75. The molecule has 34 heavy (non-hydrogen) atoms. The first-order valence-corrected chi connectivity index (χ1v) is 12.0. The second-order valence-corrected chi connectivity index (χ2v) is 9.73. The third-order valence-corrected chi connectivity index (χ3v) is 7.57. The zero-order valence-electron chi connectivity index (χ0n) is 19.1. The SMILES string of the molecule is C=CCCC1CCC2CC(c3ccc(C(=O)Oc4ccc(C(F)(F)F)c(F)c4)cc3)CCC2C1. The van der Waals surface area contributed by atoms with Gasteiger partial charge in [-0.3, -0.25) is 0 Å². The van der Waals surface area contributed by atoms with Crippen molar-refractivity contribution in [1.82, 2.24) is 0 Å². The number of fused-ring (bicyclic) bond motifs is 1. The van der Waals surface area contributed by atoms with Crippen molar-refractivity contribution in [3.8, 4) is 5.75 Å². The fraction of sp³-hybridized carbons (Fsp3) is 0.464. The van der Waals surface area contributed by atoms with Gasteiger partial charge in [0.2, 0.25) is 0 Å². The second-order valence-electron chi connectivity index (χ2n) is 9.73. The number of ether oxygens (including phenoxy) is 1. The Hall–Kier alpha value is -2.63. The average Bonchev–Trinajstić information content (AvgIpc) is 2.81. The van der Waals surface area contributed by atoms with Gasteiger partial charge in [0.1, 0.15) is 11.6 Å². The highest BCUT2D eigenvalue weighted by molar-refractivity contribution is 5.91. The van der Waals surface area contributed by atoms with Gasteiger partial charge < -0.3 is 4.74 Å². The largest absolute Gasteiger partial charge is 0.423 e. The zero-order valence-corrected chi connectivity index (χ0v) is 19.1. The summed E-state index contributed by atoms with van der Waals surface area (Å²) in [5.41, 5.74) is 0.0847. The maximum atomic E-state index is 13.7. The lowest BCUT2D eigenvalue weighted by atomic mass is 9.63. The number of hydrogen-bond donors (Lipinski definition) is 0. The summed E-state index contributed by atoms with van der Waals surface area (Å²) in [6.45, 7) is 3.84. The van der Waals surface area contributed by atoms with Crippen LogP contribution in [0.3, 0.4) is 0 Å². The maximum Gasteiger partial charge on any atom is 0.419 e. The first-order valence-electron chi connectivity index (χ1n) is 12.0. The van der Waals surface area contributed by atoms with Crippen LogP contribution in [-0.2, 0) is 6.18 Å². The highest BCUT2D eigenvalue weighted by atomic mass is 19.4. The Bertz CT molecular complexity index is 1010. The molecule has 0 bridgehead atoms. The summed E-state index contributed by atoms with van der Waals surface area (Å²) in [5.74, 6) is 0.419. The third-order valence-electron chi connectivity index (χ3n) is 7.57. The summed E-state index contributed by atoms with van der Waals surface area (Å²) in [6.07, 6.45) is 7.06. The Labute approximate surface area is 198 Å². The highest BCUT2D eigenvalue weighted by Crippen LogP contribution is 2.48. The molecule has 2 aromatic rings. The minimum absolute atomic E-state index is 0.262. The molecule has 182 valence electrons. The van der Waals surface area contributed by atoms with Crippen molar-refractivity contribution in [1.29, 1.82) is 0 Å². The Morgan fingerprint density at radius 2 is 1.71 bits per heavy atom. The van der Waals surface area contributed by atoms with E-state index in [1.165, 1.54) is 44.1 Å². The molecule has 2 aliphatic carbocycles. The Kier molecular flexibility index (Phi) is 7.44. The van der Waals surface area contributed by atoms with Crippen molar-refractivity contribution >= 4 is 5.97 Å². The molecule has 2 saturated carbocycles. The number of esters is 1. The van der Waals surface area contributed by atoms with E-state index in [9.17, 15) is 22.4 Å². The standard InChI is InChI=1S/C28H30F4O2/c1-2-3-4-18-5-6-23-16-22(12-11-21(23)15-18)19-7-9-20(10-8-19)27(33)34-24-13-14-25(26(29)17-24)28(30,31)32/h2,7-10,13-14,17-18,21-23H,1,3-6,11-12,15-16H2. The van der Waals surface area contributed by atoms with Crippen LogP contribution in [0.1, 0.15) is 78.8 Å². The molecule has 2 fully saturated rings. The molecule has 0 aliphatic heterocycles. The highest BCUT2D eigenvalue weighted by Gasteiger charge is 2.36. The minimum Gasteiger partial charge on any atom is -0.423 e. The number of carbonyl (C=O) groups excluding carboxylic acids is 1. The summed E-state index contributed by atoms with van der Waals surface area (Å²) < 4.78 is 56.9. The second kappa shape index (κ2) is 10.3. The molecule has 0 saturated heterocycles. The van der Waals surface area contributed by atoms with Gasteiger partial charge in [0.05, 0.1) is 11.1 Å². The van der Waals surface area contributed by atoms with Crippen LogP contribution in [-0.4, -0.2) is 5.97 Å². The molecule has 0 spiro atoms. The topological polar surface area (TPSA) is 26.3 Å². The van der Waals surface area contributed by atoms with Crippen LogP contribution in [0.4, 0.5) is 17.6 Å². The van der Waals surface area contributed by atoms with Gasteiger partial charge in [-0.1, -0.05) is 24.6 Å². The number of halogens is 4. The molecule has 4 rings (SSSR count). The van der Waals surface area contributed by atoms with E-state index in [-0.39, 0.29) is 11.3 Å². The molecule has 0 amide bonds. The predicted molar refractivity (Wildman–Crippen MR) is 123 cm³/mol. The Balaban J connectivity index is 1.34. The van der Waals surface area contributed by atoms with Crippen LogP contribution < -0.4 is 4.74 Å². The lowest BCUT2D eigenvalue weighted by Gasteiger charge is -2.42. The number of alkyl halides is 3. The van der Waals surface area contributed by atoms with Gasteiger partial charge >= 0.3 is 12.1 Å². The van der Waals surface area contributed by atoms with Crippen molar-refractivity contribution < 1.29 is 27.1 Å². The molecule has 2 aromatic carbocycles. The van der Waals surface area contributed by atoms with E-state index < -0.39 is 23.5 Å². The molecule has 6 heteroatoms. The number of carbonyl (C=O) groups is 1. The van der Waals surface area contributed by atoms with Gasteiger partial charge in [0.25, 0.3) is 0 Å². The maximum absolute atomic E-state index is 13.7. The molecule has 2 aliphatic rings. The third kappa shape index (κ3) is 5.70. The lowest BCUT2D eigenvalue weighted by Crippen LogP contribution is -2.30. The molecular formula is C28H30F4O2. The molecule has 2 nitrogen and oxygen atoms in total. The molecule has 4 atom stereocenters. The first-order chi connectivity index (χ1) is 16.2. The van der Waals surface area contributed by atoms with E-state index in [1.807, 2.05) is 18.2 Å². The Morgan fingerprint density at radius 1 is 1.00 bits per heavy atom. The molecule has 0 aromatic heterocycles. The smallest absolute Gasteiger partial charge is 0.419 e. The number of rotatable bonds is 6. The Morgan fingerprint density at radius 3 is 2.38 bits per heavy atom. The molecule has 0 N–H and O–H groups in total. The van der Waals surface area contributed by atoms with Crippen LogP contribution in [0.2, 0.25) is 0 Å². The number of hydrogen-bond acceptors (Lipinski definition) is 2. The summed E-state index contributed by atoms with van der Waals surface area (Å²) in [5, 5.41) is 0. The van der Waals surface area contributed by atoms with Crippen LogP contribution in [0, 0.1) is 23.6 Å². The van der Waals surface area contributed by atoms with E-state index in [0.29, 0.717) is 18.1 Å². The van der Waals surface area contributed by atoms with Gasteiger partial charge in [-0.25, -0.2) is 9.18 Å². The summed E-state index contributed by atoms with van der Waals surface area (Å²) in [6, 6.07) is 9.33. The predicted octanol–water partition coefficient (Wildman–Crippen LogP) is 8.33. The van der Waals surface area contributed by atoms with Crippen LogP contribution in [0.15, 0.2) is 55.1 Å². The zero-order chi connectivity index (χ0) is 24.3. The molecule has 4 unspecified atom stereocenters. The number of benzene rings is 2. The number of allylic oxidation sites excluding steroid dienone is 1. The quantitative estimate of drug-likeness (QED) is 0.182. The van der Waals surface area contributed by atoms with Crippen molar-refractivity contribution in [2.75, 3.05) is 0 Å². The van der Waals surface area contributed by atoms with Crippen LogP contribution >= 0.6 is 0 Å². The van der Waals surface area contributed by atoms with Gasteiger partial charge in [-0.2, -0.15) is 13.2 Å². The van der Waals surface area contributed by atoms with E-state index in [4.69, 9.17) is 4.74 Å². The van der Waals surface area contributed by atoms with E-state index in [0.717, 1.165) is 36.7 Å². The van der Waals surface area contributed by atoms with Crippen molar-refractivity contribution in [3.05, 3.63) is 77.6 Å². The summed E-state index contributed by atoms with van der Waals surface area (Å²) in [7, 11) is 0. The van der Waals surface area contributed by atoms with Gasteiger partial charge in [-0.05, 0) is 98.4 Å². The molecule has 0 radical (unpaired) electrons. The van der Waals surface area contributed by atoms with E-state index >= 15 is 0 Å². The van der Waals surface area contributed by atoms with Gasteiger partial charge in [0, 0.05) is 6.07 Å². The lowest BCUT2D eigenvalue weighted by molar-refractivity contribution is -0.140. The monoisotopic (exact) mass is 474 g/mol. The van der Waals surface area contributed by atoms with E-state index in [2.05, 4.69) is 6.58 Å². The minimum atomic E-state index is -4.80. The van der Waals surface area contributed by atoms with Crippen molar-refractivity contribution in [3.63, 3.8) is 0 Å². The summed E-state index contributed by atoms with van der Waals surface area (Å²) >= 11 is 0. The summed E-state index contributed by atoms with van der Waals surface area (Å²) in [4.78, 5) is 12.4. The van der Waals surface area contributed by atoms with Crippen molar-refractivity contribution in [2.24, 2.45) is 17.8 Å². The van der Waals surface area contributed by atoms with Gasteiger partial charge in [0.15, 0.2) is 0 Å². The van der Waals surface area contributed by atoms with Crippen LogP contribution in [0.5, 0.6) is 5.75 Å². The average molecular weight is 475 g/mol.